The minimum absolute atomic E-state index is 0.185. The summed E-state index contributed by atoms with van der Waals surface area (Å²) in [5.41, 5.74) is 1.33. The number of phenolic OH excluding ortho intramolecular Hbond substituents is 1. The van der Waals surface area contributed by atoms with Crippen molar-refractivity contribution in [2.24, 2.45) is 0 Å². The highest BCUT2D eigenvalue weighted by Gasteiger charge is 2.22. The molecule has 1 aromatic carbocycles. The van der Waals surface area contributed by atoms with Crippen LogP contribution in [0, 0.1) is 11.3 Å². The number of piperidine rings is 1. The predicted molar refractivity (Wildman–Crippen MR) is 86.9 cm³/mol. The van der Waals surface area contributed by atoms with E-state index < -0.39 is 10.8 Å². The molecule has 4 nitrogen and oxygen atoms in total. The fourth-order valence-corrected chi connectivity index (χ4v) is 2.54. The molecular weight excluding hydrogens is 284 g/mol. The number of nitrogens with zero attached hydrogens (tertiary/aromatic N) is 2. The number of phenols is 1. The monoisotopic (exact) mass is 308 g/mol. The van der Waals surface area contributed by atoms with Crippen molar-refractivity contribution in [1.82, 2.24) is 4.90 Å². The van der Waals surface area contributed by atoms with Crippen molar-refractivity contribution >= 4 is 10.8 Å². The minimum Gasteiger partial charge on any atom is -0.506 e. The first kappa shape index (κ1) is 17.7. The molecule has 1 aliphatic rings. The molecule has 116 valence electrons. The van der Waals surface area contributed by atoms with E-state index in [0.717, 1.165) is 38.0 Å². The van der Waals surface area contributed by atoms with E-state index in [-0.39, 0.29) is 5.75 Å². The summed E-state index contributed by atoms with van der Waals surface area (Å²) in [5, 5.41) is 18.9. The molecule has 0 radical (unpaired) electrons. The van der Waals surface area contributed by atoms with Gasteiger partial charge in [-0.1, -0.05) is 19.1 Å². The molecule has 5 heteroatoms. The van der Waals surface area contributed by atoms with E-state index in [9.17, 15) is 9.32 Å². The van der Waals surface area contributed by atoms with Crippen LogP contribution in [0.4, 0.5) is 0 Å². The molecule has 1 fully saturated rings. The molecule has 0 saturated carbocycles. The maximum absolute atomic E-state index is 10.0. The third-order valence-corrected chi connectivity index (χ3v) is 3.66. The Morgan fingerprint density at radius 2 is 1.95 bits per heavy atom. The number of rotatable bonds is 2. The Hall–Kier alpha value is -1.38. The second kappa shape index (κ2) is 8.81. The predicted octanol–water partition coefficient (Wildman–Crippen LogP) is 2.46. The standard InChI is InChI=1S/C14H18N2O.C2H6OS/c1-2-16-8-6-11(7-9-16)13-5-3-4-12(10-15)14(13)17;1-4(2)3/h3-5,11,17H,2,6-9H2,1H3;1-2H3. The highest BCUT2D eigenvalue weighted by Crippen LogP contribution is 2.35. The van der Waals surface area contributed by atoms with Crippen LogP contribution in [0.5, 0.6) is 5.75 Å². The van der Waals surface area contributed by atoms with E-state index >= 15 is 0 Å². The molecular formula is C16H24N2O2S. The third kappa shape index (κ3) is 5.49. The average Bonchev–Trinajstić information content (AvgIpc) is 2.47. The number of benzene rings is 1. The van der Waals surface area contributed by atoms with E-state index in [4.69, 9.17) is 5.26 Å². The largest absolute Gasteiger partial charge is 0.506 e. The summed E-state index contributed by atoms with van der Waals surface area (Å²) in [6, 6.07) is 7.51. The van der Waals surface area contributed by atoms with Gasteiger partial charge in [0, 0.05) is 23.3 Å². The van der Waals surface area contributed by atoms with Crippen LogP contribution in [0.25, 0.3) is 0 Å². The molecule has 1 aliphatic heterocycles. The first-order valence-electron chi connectivity index (χ1n) is 7.19. The number of likely N-dealkylation sites (tertiary alicyclic amines) is 1. The molecule has 0 aromatic heterocycles. The lowest BCUT2D eigenvalue weighted by Crippen LogP contribution is -2.32. The minimum atomic E-state index is -0.611. The van der Waals surface area contributed by atoms with Crippen molar-refractivity contribution in [1.29, 1.82) is 5.26 Å². The molecule has 0 spiro atoms. The van der Waals surface area contributed by atoms with Gasteiger partial charge in [0.15, 0.2) is 0 Å². The van der Waals surface area contributed by atoms with Crippen molar-refractivity contribution in [3.63, 3.8) is 0 Å². The van der Waals surface area contributed by atoms with Crippen LogP contribution in [-0.4, -0.2) is 46.4 Å². The number of nitriles is 1. The number of para-hydroxylation sites is 1. The van der Waals surface area contributed by atoms with Gasteiger partial charge in [-0.05, 0) is 50.0 Å². The van der Waals surface area contributed by atoms with Crippen molar-refractivity contribution in [2.45, 2.75) is 25.7 Å². The summed E-state index contributed by atoms with van der Waals surface area (Å²) in [7, 11) is -0.611. The highest BCUT2D eigenvalue weighted by atomic mass is 32.2. The summed E-state index contributed by atoms with van der Waals surface area (Å²) in [5.74, 6) is 0.580. The molecule has 21 heavy (non-hydrogen) atoms. The topological polar surface area (TPSA) is 64.3 Å². The van der Waals surface area contributed by atoms with Gasteiger partial charge in [0.05, 0.1) is 5.56 Å². The fraction of sp³-hybridized carbons (Fsp3) is 0.562. The van der Waals surface area contributed by atoms with Gasteiger partial charge in [-0.25, -0.2) is 0 Å². The zero-order valence-electron chi connectivity index (χ0n) is 13.0. The van der Waals surface area contributed by atoms with Gasteiger partial charge in [-0.15, -0.1) is 0 Å². The highest BCUT2D eigenvalue weighted by molar-refractivity contribution is 7.83. The summed E-state index contributed by atoms with van der Waals surface area (Å²) >= 11 is 0. The van der Waals surface area contributed by atoms with E-state index in [1.807, 2.05) is 18.2 Å². The van der Waals surface area contributed by atoms with Crippen LogP contribution >= 0.6 is 0 Å². The third-order valence-electron chi connectivity index (χ3n) is 3.66. The Kier molecular flexibility index (Phi) is 7.41. The number of aromatic hydroxyl groups is 1. The van der Waals surface area contributed by atoms with Crippen LogP contribution in [0.15, 0.2) is 18.2 Å². The van der Waals surface area contributed by atoms with Crippen LogP contribution in [0.2, 0.25) is 0 Å². The molecule has 1 aromatic rings. The van der Waals surface area contributed by atoms with E-state index in [0.29, 0.717) is 11.5 Å². The lowest BCUT2D eigenvalue weighted by atomic mass is 9.88. The first-order chi connectivity index (χ1) is 9.99. The number of hydrogen-bond acceptors (Lipinski definition) is 4. The zero-order chi connectivity index (χ0) is 15.8. The van der Waals surface area contributed by atoms with E-state index in [2.05, 4.69) is 11.8 Å². The number of hydrogen-bond donors (Lipinski definition) is 1. The zero-order valence-corrected chi connectivity index (χ0v) is 13.8. The first-order valence-corrected chi connectivity index (χ1v) is 9.15. The van der Waals surface area contributed by atoms with Crippen LogP contribution in [-0.2, 0) is 10.8 Å². The fourth-order valence-electron chi connectivity index (χ4n) is 2.54. The second-order valence-electron chi connectivity index (χ2n) is 5.31. The molecule has 0 atom stereocenters. The Bertz CT molecular complexity index is 513. The molecule has 1 heterocycles. The van der Waals surface area contributed by atoms with Gasteiger partial charge in [0.2, 0.25) is 0 Å². The molecule has 0 aliphatic carbocycles. The normalized spacial score (nSPS) is 16.1. The van der Waals surface area contributed by atoms with Crippen LogP contribution < -0.4 is 0 Å². The molecule has 0 amide bonds. The van der Waals surface area contributed by atoms with Crippen LogP contribution in [0.3, 0.4) is 0 Å². The maximum atomic E-state index is 10.0. The Labute approximate surface area is 129 Å². The van der Waals surface area contributed by atoms with Crippen molar-refractivity contribution < 1.29 is 9.32 Å². The summed E-state index contributed by atoms with van der Waals surface area (Å²) < 4.78 is 9.56. The summed E-state index contributed by atoms with van der Waals surface area (Å²) in [6.07, 6.45) is 5.41. The molecule has 0 bridgehead atoms. The van der Waals surface area contributed by atoms with Crippen molar-refractivity contribution in [3.8, 4) is 11.8 Å². The lowest BCUT2D eigenvalue weighted by molar-refractivity contribution is 0.221. The Morgan fingerprint density at radius 3 is 2.43 bits per heavy atom. The second-order valence-corrected chi connectivity index (χ2v) is 6.79. The summed E-state index contributed by atoms with van der Waals surface area (Å²) in [4.78, 5) is 2.42. The molecule has 2 rings (SSSR count). The average molecular weight is 308 g/mol. The van der Waals surface area contributed by atoms with E-state index in [1.165, 1.54) is 0 Å². The van der Waals surface area contributed by atoms with Crippen LogP contribution in [0.1, 0.15) is 36.8 Å². The molecule has 0 unspecified atom stereocenters. The van der Waals surface area contributed by atoms with E-state index in [1.54, 1.807) is 18.6 Å². The Morgan fingerprint density at radius 1 is 1.38 bits per heavy atom. The van der Waals surface area contributed by atoms with Crippen molar-refractivity contribution in [3.05, 3.63) is 29.3 Å². The van der Waals surface area contributed by atoms with Crippen molar-refractivity contribution in [2.75, 3.05) is 32.1 Å². The Balaban J connectivity index is 0.000000491. The van der Waals surface area contributed by atoms with Gasteiger partial charge in [0.25, 0.3) is 0 Å². The van der Waals surface area contributed by atoms with Gasteiger partial charge in [0.1, 0.15) is 11.8 Å². The SMILES string of the molecule is CCN1CCC(c2cccc(C#N)c2O)CC1.CS(C)=O. The smallest absolute Gasteiger partial charge is 0.136 e. The molecule has 1 saturated heterocycles. The lowest BCUT2D eigenvalue weighted by Gasteiger charge is -2.31. The maximum Gasteiger partial charge on any atom is 0.136 e. The summed E-state index contributed by atoms with van der Waals surface area (Å²) in [6.45, 7) is 5.43. The van der Waals surface area contributed by atoms with Gasteiger partial charge in [-0.2, -0.15) is 5.26 Å². The molecule has 1 N–H and O–H groups in total. The van der Waals surface area contributed by atoms with Gasteiger partial charge < -0.3 is 10.0 Å². The van der Waals surface area contributed by atoms with Gasteiger partial charge in [-0.3, -0.25) is 4.21 Å². The van der Waals surface area contributed by atoms with Gasteiger partial charge >= 0.3 is 0 Å². The quantitative estimate of drug-likeness (QED) is 0.911.